The van der Waals surface area contributed by atoms with Crippen molar-refractivity contribution in [1.82, 2.24) is 9.45 Å². The Bertz CT molecular complexity index is 789. The number of rotatable bonds is 6. The largest absolute Gasteiger partial charge is 0.363 e. The van der Waals surface area contributed by atoms with Crippen LogP contribution in [-0.2, 0) is 14.9 Å². The monoisotopic (exact) mass is 349 g/mol. The molecule has 0 spiro atoms. The van der Waals surface area contributed by atoms with Gasteiger partial charge >= 0.3 is 0 Å². The van der Waals surface area contributed by atoms with Crippen LogP contribution in [0.3, 0.4) is 0 Å². The molecular formula is C17H23N3O3S. The molecule has 2 rings (SSSR count). The molecule has 1 heterocycles. The van der Waals surface area contributed by atoms with Crippen LogP contribution >= 0.6 is 0 Å². The maximum atomic E-state index is 12.9. The zero-order valence-corrected chi connectivity index (χ0v) is 15.4. The van der Waals surface area contributed by atoms with Crippen molar-refractivity contribution in [2.45, 2.75) is 24.8 Å². The summed E-state index contributed by atoms with van der Waals surface area (Å²) in [6.07, 6.45) is 1.35. The Hall–Kier alpha value is -1.96. The fraction of sp³-hybridized carbons (Fsp3) is 0.353. The van der Waals surface area contributed by atoms with Gasteiger partial charge in [0.05, 0.1) is 13.2 Å². The van der Waals surface area contributed by atoms with Crippen LogP contribution in [0.2, 0.25) is 0 Å². The number of anilines is 1. The first-order valence-electron chi connectivity index (χ1n) is 7.56. The Labute approximate surface area is 143 Å². The van der Waals surface area contributed by atoms with E-state index in [9.17, 15) is 8.42 Å². The van der Waals surface area contributed by atoms with Gasteiger partial charge in [-0.15, -0.1) is 0 Å². The number of benzene rings is 1. The van der Waals surface area contributed by atoms with Crippen molar-refractivity contribution in [3.8, 4) is 0 Å². The Morgan fingerprint density at radius 1 is 1.12 bits per heavy atom. The van der Waals surface area contributed by atoms with E-state index < -0.39 is 16.1 Å². The predicted molar refractivity (Wildman–Crippen MR) is 94.2 cm³/mol. The van der Waals surface area contributed by atoms with Crippen LogP contribution in [0.5, 0.6) is 0 Å². The molecule has 0 radical (unpaired) electrons. The molecule has 1 aromatic carbocycles. The third kappa shape index (κ3) is 3.58. The molecule has 0 unspecified atom stereocenters. The molecule has 1 atom stereocenters. The van der Waals surface area contributed by atoms with E-state index in [4.69, 9.17) is 4.84 Å². The Morgan fingerprint density at radius 2 is 1.79 bits per heavy atom. The quantitative estimate of drug-likeness (QED) is 0.751. The maximum Gasteiger partial charge on any atom is 0.267 e. The van der Waals surface area contributed by atoms with Crippen molar-refractivity contribution in [3.63, 3.8) is 0 Å². The van der Waals surface area contributed by atoms with Crippen LogP contribution in [-0.4, -0.2) is 39.1 Å². The maximum absolute atomic E-state index is 12.9. The molecule has 7 heteroatoms. The van der Waals surface area contributed by atoms with E-state index in [-0.39, 0.29) is 4.90 Å². The molecule has 2 aromatic rings. The van der Waals surface area contributed by atoms with Crippen molar-refractivity contribution in [2.24, 2.45) is 0 Å². The Balaban J connectivity index is 2.39. The summed E-state index contributed by atoms with van der Waals surface area (Å²) in [7, 11) is 1.22. The summed E-state index contributed by atoms with van der Waals surface area (Å²) in [6, 6.07) is 10.4. The molecular weight excluding hydrogens is 326 g/mol. The molecule has 0 aliphatic carbocycles. The number of hydrogen-bond acceptors (Lipinski definition) is 5. The fourth-order valence-electron chi connectivity index (χ4n) is 2.53. The van der Waals surface area contributed by atoms with Crippen molar-refractivity contribution in [2.75, 3.05) is 26.1 Å². The molecule has 0 saturated carbocycles. The molecule has 130 valence electrons. The summed E-state index contributed by atoms with van der Waals surface area (Å²) in [4.78, 5) is 11.3. The highest BCUT2D eigenvalue weighted by Gasteiger charge is 2.31. The highest BCUT2D eigenvalue weighted by Crippen LogP contribution is 2.29. The van der Waals surface area contributed by atoms with E-state index in [2.05, 4.69) is 4.98 Å². The number of hydroxylamine groups is 1. The smallest absolute Gasteiger partial charge is 0.267 e. The lowest BCUT2D eigenvalue weighted by Gasteiger charge is -2.27. The van der Waals surface area contributed by atoms with Gasteiger partial charge in [-0.3, -0.25) is 4.84 Å². The number of nitrogens with zero attached hydrogens (tertiary/aromatic N) is 3. The zero-order chi connectivity index (χ0) is 17.9. The SMILES string of the molecule is CON([C@H](C)c1ccccc1C)S(=O)(=O)c1ccc(N(C)C)nc1. The van der Waals surface area contributed by atoms with Gasteiger partial charge in [0.1, 0.15) is 10.7 Å². The highest BCUT2D eigenvalue weighted by atomic mass is 32.2. The second-order valence-electron chi connectivity index (χ2n) is 5.72. The molecule has 0 saturated heterocycles. The van der Waals surface area contributed by atoms with Gasteiger partial charge in [-0.05, 0) is 37.1 Å². The number of hydrogen-bond donors (Lipinski definition) is 0. The predicted octanol–water partition coefficient (Wildman–Crippen LogP) is 2.77. The van der Waals surface area contributed by atoms with Crippen LogP contribution in [0, 0.1) is 6.92 Å². The van der Waals surface area contributed by atoms with Crippen LogP contribution in [0.15, 0.2) is 47.5 Å². The summed E-state index contributed by atoms with van der Waals surface area (Å²) < 4.78 is 26.9. The summed E-state index contributed by atoms with van der Waals surface area (Å²) in [6.45, 7) is 3.74. The fourth-order valence-corrected chi connectivity index (χ4v) is 3.89. The standard InChI is InChI=1S/C17H23N3O3S/c1-13-8-6-7-9-16(13)14(2)20(23-5)24(21,22)15-10-11-17(18-12-15)19(3)4/h6-12,14H,1-5H3/t14-/m1/s1. The van der Waals surface area contributed by atoms with Gasteiger partial charge in [0.15, 0.2) is 0 Å². The van der Waals surface area contributed by atoms with Gasteiger partial charge in [-0.2, -0.15) is 0 Å². The second kappa shape index (κ2) is 7.29. The molecule has 24 heavy (non-hydrogen) atoms. The average Bonchev–Trinajstić information content (AvgIpc) is 2.55. The summed E-state index contributed by atoms with van der Waals surface area (Å²) in [5.41, 5.74) is 1.89. The van der Waals surface area contributed by atoms with E-state index in [0.717, 1.165) is 15.6 Å². The third-order valence-corrected chi connectivity index (χ3v) is 5.62. The summed E-state index contributed by atoms with van der Waals surface area (Å²) in [5.74, 6) is 0.685. The van der Waals surface area contributed by atoms with Gasteiger partial charge in [-0.25, -0.2) is 13.4 Å². The van der Waals surface area contributed by atoms with Crippen molar-refractivity contribution in [3.05, 3.63) is 53.7 Å². The van der Waals surface area contributed by atoms with Gasteiger partial charge in [-0.1, -0.05) is 28.7 Å². The van der Waals surface area contributed by atoms with Crippen molar-refractivity contribution in [1.29, 1.82) is 0 Å². The molecule has 1 aromatic heterocycles. The lowest BCUT2D eigenvalue weighted by atomic mass is 10.0. The first-order valence-corrected chi connectivity index (χ1v) is 9.00. The van der Waals surface area contributed by atoms with E-state index in [1.807, 2.05) is 45.3 Å². The normalized spacial score (nSPS) is 13.1. The van der Waals surface area contributed by atoms with Crippen molar-refractivity contribution >= 4 is 15.8 Å². The van der Waals surface area contributed by atoms with Crippen LogP contribution < -0.4 is 4.90 Å². The van der Waals surface area contributed by atoms with E-state index in [1.165, 1.54) is 19.4 Å². The molecule has 0 aliphatic heterocycles. The van der Waals surface area contributed by atoms with E-state index >= 15 is 0 Å². The number of sulfonamides is 1. The lowest BCUT2D eigenvalue weighted by molar-refractivity contribution is -0.0774. The van der Waals surface area contributed by atoms with Gasteiger partial charge in [0, 0.05) is 20.3 Å². The molecule has 0 N–H and O–H groups in total. The minimum atomic E-state index is -3.83. The Morgan fingerprint density at radius 3 is 2.29 bits per heavy atom. The van der Waals surface area contributed by atoms with E-state index in [0.29, 0.717) is 5.82 Å². The minimum absolute atomic E-state index is 0.0929. The number of aromatic nitrogens is 1. The van der Waals surface area contributed by atoms with Gasteiger partial charge < -0.3 is 4.90 Å². The van der Waals surface area contributed by atoms with Crippen LogP contribution in [0.4, 0.5) is 5.82 Å². The highest BCUT2D eigenvalue weighted by molar-refractivity contribution is 7.89. The Kier molecular flexibility index (Phi) is 5.58. The second-order valence-corrected chi connectivity index (χ2v) is 7.50. The van der Waals surface area contributed by atoms with Gasteiger partial charge in [0.2, 0.25) is 0 Å². The molecule has 0 bridgehead atoms. The van der Waals surface area contributed by atoms with Crippen LogP contribution in [0.25, 0.3) is 0 Å². The number of aryl methyl sites for hydroxylation is 1. The van der Waals surface area contributed by atoms with Gasteiger partial charge in [0.25, 0.3) is 10.0 Å². The molecule has 6 nitrogen and oxygen atoms in total. The topological polar surface area (TPSA) is 62.7 Å². The van der Waals surface area contributed by atoms with E-state index in [1.54, 1.807) is 17.9 Å². The van der Waals surface area contributed by atoms with Crippen LogP contribution in [0.1, 0.15) is 24.1 Å². The summed E-state index contributed by atoms with van der Waals surface area (Å²) >= 11 is 0. The molecule has 0 amide bonds. The lowest BCUT2D eigenvalue weighted by Crippen LogP contribution is -2.33. The van der Waals surface area contributed by atoms with Crippen molar-refractivity contribution < 1.29 is 13.3 Å². The summed E-state index contributed by atoms with van der Waals surface area (Å²) in [5, 5.41) is 0. The average molecular weight is 349 g/mol. The molecule has 0 aliphatic rings. The molecule has 0 fully saturated rings. The first-order chi connectivity index (χ1) is 11.3. The third-order valence-electron chi connectivity index (χ3n) is 3.85. The zero-order valence-electron chi connectivity index (χ0n) is 14.6. The first kappa shape index (κ1) is 18.4. The minimum Gasteiger partial charge on any atom is -0.363 e. The number of pyridine rings is 1.